The van der Waals surface area contributed by atoms with E-state index < -0.39 is 0 Å². The van der Waals surface area contributed by atoms with E-state index >= 15 is 0 Å². The van der Waals surface area contributed by atoms with Crippen LogP contribution in [-0.2, 0) is 0 Å². The van der Waals surface area contributed by atoms with E-state index in [0.717, 1.165) is 0 Å². The zero-order valence-electron chi connectivity index (χ0n) is 9.53. The van der Waals surface area contributed by atoms with Gasteiger partial charge >= 0.3 is 0 Å². The molecule has 0 aliphatic carbocycles. The summed E-state index contributed by atoms with van der Waals surface area (Å²) in [5, 5.41) is 9.29. The van der Waals surface area contributed by atoms with E-state index in [1.165, 1.54) is 16.0 Å². The number of benzene rings is 1. The highest BCUT2D eigenvalue weighted by Gasteiger charge is 2.15. The number of hydrogen-bond acceptors (Lipinski definition) is 3. The Morgan fingerprint density at radius 2 is 2.07 bits per heavy atom. The third-order valence-corrected chi connectivity index (χ3v) is 3.96. The molecule has 0 heterocycles. The van der Waals surface area contributed by atoms with Crippen molar-refractivity contribution >= 4 is 11.8 Å². The lowest BCUT2D eigenvalue weighted by molar-refractivity contribution is 0.285. The Hall–Kier alpha value is -0.510. The number of aliphatic hydroxyl groups excluding tert-OH is 1. The zero-order chi connectivity index (χ0) is 11.4. The summed E-state index contributed by atoms with van der Waals surface area (Å²) in [6.45, 7) is 6.20. The summed E-state index contributed by atoms with van der Waals surface area (Å²) in [4.78, 5) is 1.21. The van der Waals surface area contributed by atoms with Gasteiger partial charge in [-0.05, 0) is 32.4 Å². The average molecular weight is 225 g/mol. The average Bonchev–Trinajstić information content (AvgIpc) is 2.18. The molecule has 0 saturated carbocycles. The Morgan fingerprint density at radius 3 is 2.60 bits per heavy atom. The molecule has 0 saturated heterocycles. The lowest BCUT2D eigenvalue weighted by Crippen LogP contribution is -2.31. The Balaban J connectivity index is 2.82. The van der Waals surface area contributed by atoms with Gasteiger partial charge in [-0.3, -0.25) is 0 Å². The molecule has 0 amide bonds. The van der Waals surface area contributed by atoms with Gasteiger partial charge in [-0.1, -0.05) is 17.7 Å². The van der Waals surface area contributed by atoms with Gasteiger partial charge in [0.1, 0.15) is 0 Å². The molecule has 1 aromatic rings. The van der Waals surface area contributed by atoms with Gasteiger partial charge in [0.05, 0.1) is 6.61 Å². The number of aliphatic hydroxyl groups is 1. The Kier molecular flexibility index (Phi) is 4.64. The lowest BCUT2D eigenvalue weighted by atomic mass is 10.2. The lowest BCUT2D eigenvalue weighted by Gasteiger charge is -2.18. The second kappa shape index (κ2) is 5.54. The maximum Gasteiger partial charge on any atom is 0.0568 e. The Bertz CT molecular complexity index is 325. The standard InChI is InChI=1S/C12H19NOS/c1-8-4-5-9(2)11(6-8)15-12(7-14)10(3)13/h4-6,10,12,14H,7,13H2,1-3H3. The van der Waals surface area contributed by atoms with Crippen LogP contribution in [0.1, 0.15) is 18.1 Å². The number of nitrogens with two attached hydrogens (primary N) is 1. The summed E-state index contributed by atoms with van der Waals surface area (Å²) in [6, 6.07) is 6.34. The molecule has 0 aliphatic rings. The monoisotopic (exact) mass is 225 g/mol. The third kappa shape index (κ3) is 3.52. The highest BCUT2D eigenvalue weighted by Crippen LogP contribution is 2.28. The topological polar surface area (TPSA) is 46.2 Å². The van der Waals surface area contributed by atoms with Crippen LogP contribution < -0.4 is 5.73 Å². The van der Waals surface area contributed by atoms with Gasteiger partial charge in [0, 0.05) is 16.2 Å². The number of rotatable bonds is 4. The molecule has 1 aromatic carbocycles. The van der Waals surface area contributed by atoms with Gasteiger partial charge in [-0.2, -0.15) is 0 Å². The van der Waals surface area contributed by atoms with Gasteiger partial charge in [0.25, 0.3) is 0 Å². The van der Waals surface area contributed by atoms with Gasteiger partial charge in [0.15, 0.2) is 0 Å². The molecular formula is C12H19NOS. The van der Waals surface area contributed by atoms with Gasteiger partial charge in [-0.25, -0.2) is 0 Å². The normalized spacial score (nSPS) is 15.0. The molecule has 0 aromatic heterocycles. The first kappa shape index (κ1) is 12.6. The zero-order valence-corrected chi connectivity index (χ0v) is 10.3. The molecule has 0 radical (unpaired) electrons. The van der Waals surface area contributed by atoms with Crippen molar-refractivity contribution in [2.45, 2.75) is 37.0 Å². The van der Waals surface area contributed by atoms with E-state index in [1.54, 1.807) is 11.8 Å². The molecular weight excluding hydrogens is 206 g/mol. The highest BCUT2D eigenvalue weighted by atomic mass is 32.2. The SMILES string of the molecule is Cc1ccc(C)c(SC(CO)C(C)N)c1. The first-order valence-corrected chi connectivity index (χ1v) is 6.03. The van der Waals surface area contributed by atoms with Crippen LogP contribution in [0.5, 0.6) is 0 Å². The fourth-order valence-corrected chi connectivity index (χ4v) is 2.43. The van der Waals surface area contributed by atoms with Crippen LogP contribution in [0.2, 0.25) is 0 Å². The highest BCUT2D eigenvalue weighted by molar-refractivity contribution is 8.00. The minimum atomic E-state index is -0.0000813. The first-order chi connectivity index (χ1) is 7.04. The van der Waals surface area contributed by atoms with Crippen LogP contribution in [0.25, 0.3) is 0 Å². The summed E-state index contributed by atoms with van der Waals surface area (Å²) in [7, 11) is 0. The Labute approximate surface area is 95.9 Å². The van der Waals surface area contributed by atoms with E-state index in [2.05, 4.69) is 32.0 Å². The molecule has 84 valence electrons. The molecule has 1 rings (SSSR count). The molecule has 0 fully saturated rings. The van der Waals surface area contributed by atoms with Crippen LogP contribution >= 0.6 is 11.8 Å². The second-order valence-electron chi connectivity index (χ2n) is 3.97. The van der Waals surface area contributed by atoms with E-state index in [-0.39, 0.29) is 17.9 Å². The van der Waals surface area contributed by atoms with Gasteiger partial charge in [0.2, 0.25) is 0 Å². The predicted octanol–water partition coefficient (Wildman–Crippen LogP) is 2.10. The second-order valence-corrected chi connectivity index (χ2v) is 5.25. The fourth-order valence-electron chi connectivity index (χ4n) is 1.31. The summed E-state index contributed by atoms with van der Waals surface area (Å²) in [6.07, 6.45) is 0. The maximum absolute atomic E-state index is 9.22. The molecule has 2 nitrogen and oxygen atoms in total. The summed E-state index contributed by atoms with van der Waals surface area (Å²) >= 11 is 1.66. The van der Waals surface area contributed by atoms with Crippen LogP contribution in [0, 0.1) is 13.8 Å². The van der Waals surface area contributed by atoms with Gasteiger partial charge < -0.3 is 10.8 Å². The van der Waals surface area contributed by atoms with Crippen LogP contribution in [0.3, 0.4) is 0 Å². The van der Waals surface area contributed by atoms with E-state index in [1.807, 2.05) is 6.92 Å². The van der Waals surface area contributed by atoms with Crippen molar-refractivity contribution in [3.8, 4) is 0 Å². The maximum atomic E-state index is 9.22. The molecule has 2 atom stereocenters. The summed E-state index contributed by atoms with van der Waals surface area (Å²) in [5.41, 5.74) is 8.28. The van der Waals surface area contributed by atoms with Gasteiger partial charge in [-0.15, -0.1) is 11.8 Å². The minimum absolute atomic E-state index is 0.0000813. The first-order valence-electron chi connectivity index (χ1n) is 5.15. The summed E-state index contributed by atoms with van der Waals surface area (Å²) < 4.78 is 0. The number of thioether (sulfide) groups is 1. The van der Waals surface area contributed by atoms with Crippen molar-refractivity contribution < 1.29 is 5.11 Å². The van der Waals surface area contributed by atoms with E-state index in [4.69, 9.17) is 5.73 Å². The van der Waals surface area contributed by atoms with Crippen molar-refractivity contribution in [1.29, 1.82) is 0 Å². The van der Waals surface area contributed by atoms with Crippen LogP contribution in [0.4, 0.5) is 0 Å². The fraction of sp³-hybridized carbons (Fsp3) is 0.500. The van der Waals surface area contributed by atoms with Crippen molar-refractivity contribution in [1.82, 2.24) is 0 Å². The van der Waals surface area contributed by atoms with Crippen LogP contribution in [0.15, 0.2) is 23.1 Å². The molecule has 2 unspecified atom stereocenters. The quantitative estimate of drug-likeness (QED) is 0.771. The minimum Gasteiger partial charge on any atom is -0.395 e. The molecule has 0 bridgehead atoms. The van der Waals surface area contributed by atoms with E-state index in [9.17, 15) is 5.11 Å². The number of hydrogen-bond donors (Lipinski definition) is 2. The van der Waals surface area contributed by atoms with Crippen molar-refractivity contribution in [2.75, 3.05) is 6.61 Å². The van der Waals surface area contributed by atoms with Crippen molar-refractivity contribution in [3.63, 3.8) is 0 Å². The van der Waals surface area contributed by atoms with Crippen molar-refractivity contribution in [2.24, 2.45) is 5.73 Å². The Morgan fingerprint density at radius 1 is 1.40 bits per heavy atom. The third-order valence-electron chi connectivity index (χ3n) is 2.39. The summed E-state index contributed by atoms with van der Waals surface area (Å²) in [5.74, 6) is 0. The largest absolute Gasteiger partial charge is 0.395 e. The molecule has 3 N–H and O–H groups in total. The van der Waals surface area contributed by atoms with E-state index in [0.29, 0.717) is 0 Å². The smallest absolute Gasteiger partial charge is 0.0568 e. The molecule has 3 heteroatoms. The van der Waals surface area contributed by atoms with Crippen LogP contribution in [-0.4, -0.2) is 23.0 Å². The number of aryl methyl sites for hydroxylation is 2. The molecule has 0 spiro atoms. The predicted molar refractivity (Wildman–Crippen MR) is 66.3 cm³/mol. The van der Waals surface area contributed by atoms with Crippen molar-refractivity contribution in [3.05, 3.63) is 29.3 Å². The molecule has 15 heavy (non-hydrogen) atoms. The molecule has 0 aliphatic heterocycles.